The Balaban J connectivity index is 2.26. The zero-order valence-electron chi connectivity index (χ0n) is 11.0. The lowest BCUT2D eigenvalue weighted by Crippen LogP contribution is -2.13. The van der Waals surface area contributed by atoms with Crippen molar-refractivity contribution in [2.24, 2.45) is 0 Å². The summed E-state index contributed by atoms with van der Waals surface area (Å²) in [5.41, 5.74) is 4.16. The summed E-state index contributed by atoms with van der Waals surface area (Å²) >= 11 is 0. The normalized spacial score (nSPS) is 9.74. The third-order valence-corrected chi connectivity index (χ3v) is 2.92. The molecule has 0 aliphatic rings. The molecular formula is C17H15NO. The van der Waals surface area contributed by atoms with Crippen LogP contribution in [0.25, 0.3) is 0 Å². The summed E-state index contributed by atoms with van der Waals surface area (Å²) in [6.45, 7) is 3.89. The first kappa shape index (κ1) is 12.9. The quantitative estimate of drug-likeness (QED) is 0.810. The number of aryl methyl sites for hydroxylation is 2. The maximum absolute atomic E-state index is 12.2. The van der Waals surface area contributed by atoms with E-state index in [9.17, 15) is 4.79 Å². The highest BCUT2D eigenvalue weighted by molar-refractivity contribution is 6.05. The molecule has 0 saturated carbocycles. The minimum atomic E-state index is -0.115. The SMILES string of the molecule is C#Cc1cccc(NC(=O)c2cc(C)ccc2C)c1. The molecule has 0 aliphatic carbocycles. The molecule has 94 valence electrons. The Morgan fingerprint density at radius 3 is 2.68 bits per heavy atom. The third-order valence-electron chi connectivity index (χ3n) is 2.92. The zero-order chi connectivity index (χ0) is 13.8. The van der Waals surface area contributed by atoms with Crippen molar-refractivity contribution in [3.8, 4) is 12.3 Å². The summed E-state index contributed by atoms with van der Waals surface area (Å²) in [7, 11) is 0. The zero-order valence-corrected chi connectivity index (χ0v) is 11.0. The van der Waals surface area contributed by atoms with Gasteiger partial charge in [-0.3, -0.25) is 4.79 Å². The van der Waals surface area contributed by atoms with E-state index in [2.05, 4.69) is 11.2 Å². The number of anilines is 1. The number of benzene rings is 2. The van der Waals surface area contributed by atoms with E-state index in [1.54, 1.807) is 6.07 Å². The molecule has 0 aromatic heterocycles. The van der Waals surface area contributed by atoms with Gasteiger partial charge in [0, 0.05) is 16.8 Å². The highest BCUT2D eigenvalue weighted by Gasteiger charge is 2.09. The molecule has 0 unspecified atom stereocenters. The Labute approximate surface area is 113 Å². The van der Waals surface area contributed by atoms with Crippen LogP contribution in [0.3, 0.4) is 0 Å². The van der Waals surface area contributed by atoms with Crippen molar-refractivity contribution >= 4 is 11.6 Å². The topological polar surface area (TPSA) is 29.1 Å². The van der Waals surface area contributed by atoms with Gasteiger partial charge in [0.1, 0.15) is 0 Å². The van der Waals surface area contributed by atoms with E-state index in [0.29, 0.717) is 11.3 Å². The predicted molar refractivity (Wildman–Crippen MR) is 78.2 cm³/mol. The van der Waals surface area contributed by atoms with E-state index >= 15 is 0 Å². The van der Waals surface area contributed by atoms with Crippen molar-refractivity contribution in [1.29, 1.82) is 0 Å². The van der Waals surface area contributed by atoms with Gasteiger partial charge >= 0.3 is 0 Å². The summed E-state index contributed by atoms with van der Waals surface area (Å²) in [5.74, 6) is 2.43. The lowest BCUT2D eigenvalue weighted by Gasteiger charge is -2.09. The van der Waals surface area contributed by atoms with Gasteiger partial charge in [-0.05, 0) is 43.7 Å². The molecule has 2 aromatic rings. The van der Waals surface area contributed by atoms with Crippen LogP contribution in [-0.4, -0.2) is 5.91 Å². The number of hydrogen-bond donors (Lipinski definition) is 1. The van der Waals surface area contributed by atoms with Crippen molar-refractivity contribution < 1.29 is 4.79 Å². The summed E-state index contributed by atoms with van der Waals surface area (Å²) in [6, 6.07) is 13.1. The molecule has 0 saturated heterocycles. The fraction of sp³-hybridized carbons (Fsp3) is 0.118. The summed E-state index contributed by atoms with van der Waals surface area (Å²) in [4.78, 5) is 12.2. The van der Waals surface area contributed by atoms with Gasteiger partial charge in [0.25, 0.3) is 5.91 Å². The second-order valence-electron chi connectivity index (χ2n) is 4.50. The van der Waals surface area contributed by atoms with Gasteiger partial charge in [0.15, 0.2) is 0 Å². The number of terminal acetylenes is 1. The number of carbonyl (C=O) groups is 1. The van der Waals surface area contributed by atoms with E-state index < -0.39 is 0 Å². The number of rotatable bonds is 2. The van der Waals surface area contributed by atoms with Crippen molar-refractivity contribution in [3.05, 3.63) is 64.7 Å². The number of hydrogen-bond acceptors (Lipinski definition) is 1. The van der Waals surface area contributed by atoms with Gasteiger partial charge in [-0.1, -0.05) is 29.7 Å². The summed E-state index contributed by atoms with van der Waals surface area (Å²) in [5, 5.41) is 2.87. The van der Waals surface area contributed by atoms with Gasteiger partial charge in [0.05, 0.1) is 0 Å². The van der Waals surface area contributed by atoms with E-state index in [0.717, 1.165) is 16.7 Å². The van der Waals surface area contributed by atoms with Gasteiger partial charge in [-0.15, -0.1) is 6.42 Å². The maximum Gasteiger partial charge on any atom is 0.255 e. The average Bonchev–Trinajstić information content (AvgIpc) is 2.41. The summed E-state index contributed by atoms with van der Waals surface area (Å²) in [6.07, 6.45) is 5.34. The number of carbonyl (C=O) groups excluding carboxylic acids is 1. The molecule has 0 aliphatic heterocycles. The fourth-order valence-corrected chi connectivity index (χ4v) is 1.87. The average molecular weight is 249 g/mol. The number of amides is 1. The van der Waals surface area contributed by atoms with Gasteiger partial charge < -0.3 is 5.32 Å². The van der Waals surface area contributed by atoms with Crippen molar-refractivity contribution in [1.82, 2.24) is 0 Å². The van der Waals surface area contributed by atoms with Gasteiger partial charge in [0.2, 0.25) is 0 Å². The molecule has 0 bridgehead atoms. The highest BCUT2D eigenvalue weighted by atomic mass is 16.1. The van der Waals surface area contributed by atoms with Crippen LogP contribution in [0.15, 0.2) is 42.5 Å². The second kappa shape index (κ2) is 5.41. The van der Waals surface area contributed by atoms with Crippen molar-refractivity contribution in [2.45, 2.75) is 13.8 Å². The Hall–Kier alpha value is -2.53. The standard InChI is InChI=1S/C17H15NO/c1-4-14-6-5-7-15(11-14)18-17(19)16-10-12(2)8-9-13(16)3/h1,5-11H,2-3H3,(H,18,19). The second-order valence-corrected chi connectivity index (χ2v) is 4.50. The molecule has 2 rings (SSSR count). The lowest BCUT2D eigenvalue weighted by molar-refractivity contribution is 0.102. The molecule has 2 heteroatoms. The molecule has 1 N–H and O–H groups in total. The van der Waals surface area contributed by atoms with Crippen LogP contribution in [0.4, 0.5) is 5.69 Å². The van der Waals surface area contributed by atoms with E-state index in [-0.39, 0.29) is 5.91 Å². The molecule has 0 atom stereocenters. The van der Waals surface area contributed by atoms with Crippen LogP contribution in [-0.2, 0) is 0 Å². The minimum Gasteiger partial charge on any atom is -0.322 e. The van der Waals surface area contributed by atoms with Crippen LogP contribution in [0.5, 0.6) is 0 Å². The molecule has 2 aromatic carbocycles. The van der Waals surface area contributed by atoms with Crippen molar-refractivity contribution in [2.75, 3.05) is 5.32 Å². The van der Waals surface area contributed by atoms with Crippen LogP contribution in [0, 0.1) is 26.2 Å². The molecule has 0 heterocycles. The Morgan fingerprint density at radius 1 is 1.16 bits per heavy atom. The maximum atomic E-state index is 12.2. The highest BCUT2D eigenvalue weighted by Crippen LogP contribution is 2.15. The molecule has 0 spiro atoms. The first-order valence-corrected chi connectivity index (χ1v) is 6.05. The summed E-state index contributed by atoms with van der Waals surface area (Å²) < 4.78 is 0. The molecule has 0 radical (unpaired) electrons. The van der Waals surface area contributed by atoms with E-state index in [4.69, 9.17) is 6.42 Å². The molecule has 19 heavy (non-hydrogen) atoms. The minimum absolute atomic E-state index is 0.115. The van der Waals surface area contributed by atoms with Crippen molar-refractivity contribution in [3.63, 3.8) is 0 Å². The molecule has 2 nitrogen and oxygen atoms in total. The lowest BCUT2D eigenvalue weighted by atomic mass is 10.0. The van der Waals surface area contributed by atoms with Crippen LogP contribution < -0.4 is 5.32 Å². The number of nitrogens with one attached hydrogen (secondary N) is 1. The Bertz CT molecular complexity index is 665. The van der Waals surface area contributed by atoms with Gasteiger partial charge in [-0.2, -0.15) is 0 Å². The Morgan fingerprint density at radius 2 is 1.95 bits per heavy atom. The van der Waals surface area contributed by atoms with E-state index in [1.165, 1.54) is 0 Å². The fourth-order valence-electron chi connectivity index (χ4n) is 1.87. The molecular weight excluding hydrogens is 234 g/mol. The first-order chi connectivity index (χ1) is 9.10. The largest absolute Gasteiger partial charge is 0.322 e. The monoisotopic (exact) mass is 249 g/mol. The van der Waals surface area contributed by atoms with Crippen LogP contribution in [0.2, 0.25) is 0 Å². The van der Waals surface area contributed by atoms with Gasteiger partial charge in [-0.25, -0.2) is 0 Å². The molecule has 1 amide bonds. The Kier molecular flexibility index (Phi) is 3.68. The third kappa shape index (κ3) is 3.02. The van der Waals surface area contributed by atoms with Crippen LogP contribution in [0.1, 0.15) is 27.0 Å². The predicted octanol–water partition coefficient (Wildman–Crippen LogP) is 3.54. The van der Waals surface area contributed by atoms with Crippen LogP contribution >= 0.6 is 0 Å². The molecule has 0 fully saturated rings. The van der Waals surface area contributed by atoms with E-state index in [1.807, 2.05) is 50.2 Å². The smallest absolute Gasteiger partial charge is 0.255 e. The first-order valence-electron chi connectivity index (χ1n) is 6.05.